The number of carbonyl (C=O) groups is 1. The molecule has 0 fully saturated rings. The molecule has 1 aliphatic rings. The van der Waals surface area contributed by atoms with Gasteiger partial charge in [-0.2, -0.15) is 0 Å². The van der Waals surface area contributed by atoms with Gasteiger partial charge in [-0.3, -0.25) is 9.36 Å². The largest absolute Gasteiger partial charge is 0.497 e. The molecule has 1 atom stereocenters. The zero-order chi connectivity index (χ0) is 29.8. The van der Waals surface area contributed by atoms with Crippen LogP contribution in [0.15, 0.2) is 87.8 Å². The fourth-order valence-electron chi connectivity index (χ4n) is 4.68. The highest BCUT2D eigenvalue weighted by Crippen LogP contribution is 2.32. The van der Waals surface area contributed by atoms with Crippen molar-refractivity contribution in [3.05, 3.63) is 119 Å². The lowest BCUT2D eigenvalue weighted by Gasteiger charge is -2.24. The van der Waals surface area contributed by atoms with E-state index in [1.807, 2.05) is 48.5 Å². The van der Waals surface area contributed by atoms with Crippen LogP contribution in [0.4, 0.5) is 0 Å². The Morgan fingerprint density at radius 1 is 1.02 bits per heavy atom. The van der Waals surface area contributed by atoms with E-state index < -0.39 is 12.0 Å². The van der Waals surface area contributed by atoms with Gasteiger partial charge >= 0.3 is 5.97 Å². The monoisotopic (exact) mass is 604 g/mol. The van der Waals surface area contributed by atoms with Crippen LogP contribution in [0, 0.1) is 0 Å². The minimum Gasteiger partial charge on any atom is -0.497 e. The van der Waals surface area contributed by atoms with Gasteiger partial charge in [0.2, 0.25) is 0 Å². The summed E-state index contributed by atoms with van der Waals surface area (Å²) < 4.78 is 24.2. The Morgan fingerprint density at radius 3 is 2.43 bits per heavy atom. The van der Waals surface area contributed by atoms with Crippen LogP contribution in [0.5, 0.6) is 17.2 Å². The molecule has 0 saturated heterocycles. The van der Waals surface area contributed by atoms with Crippen molar-refractivity contribution in [1.82, 2.24) is 4.57 Å². The Hall–Kier alpha value is -4.34. The second-order valence-electron chi connectivity index (χ2n) is 9.40. The van der Waals surface area contributed by atoms with Gasteiger partial charge in [0.25, 0.3) is 5.56 Å². The number of hydrogen-bond donors (Lipinski definition) is 0. The molecule has 5 rings (SSSR count). The van der Waals surface area contributed by atoms with Crippen LogP contribution in [0.25, 0.3) is 6.08 Å². The summed E-state index contributed by atoms with van der Waals surface area (Å²) in [5.41, 5.74) is 3.02. The quantitative estimate of drug-likeness (QED) is 0.249. The zero-order valence-corrected chi connectivity index (χ0v) is 25.1. The molecule has 1 aliphatic heterocycles. The summed E-state index contributed by atoms with van der Waals surface area (Å²) in [5, 5.41) is 0.661. The maximum absolute atomic E-state index is 13.9. The number of aromatic nitrogens is 1. The van der Waals surface area contributed by atoms with Crippen LogP contribution in [-0.4, -0.2) is 31.4 Å². The molecular weight excluding hydrogens is 576 g/mol. The van der Waals surface area contributed by atoms with Gasteiger partial charge in [-0.1, -0.05) is 53.3 Å². The molecule has 0 N–H and O–H groups in total. The van der Waals surface area contributed by atoms with E-state index in [0.29, 0.717) is 49.5 Å². The molecule has 216 valence electrons. The number of rotatable bonds is 9. The molecule has 0 amide bonds. The Labute approximate surface area is 251 Å². The van der Waals surface area contributed by atoms with E-state index in [4.69, 9.17) is 30.5 Å². The molecule has 0 spiro atoms. The number of esters is 1. The topological polar surface area (TPSA) is 88.4 Å². The molecule has 10 heteroatoms. The van der Waals surface area contributed by atoms with Crippen LogP contribution in [-0.2, 0) is 16.1 Å². The molecule has 2 heterocycles. The number of methoxy groups -OCH3 is 2. The first-order valence-electron chi connectivity index (χ1n) is 13.2. The van der Waals surface area contributed by atoms with Gasteiger partial charge < -0.3 is 18.9 Å². The minimum absolute atomic E-state index is 0.205. The van der Waals surface area contributed by atoms with Gasteiger partial charge in [0.1, 0.15) is 12.4 Å². The predicted molar refractivity (Wildman–Crippen MR) is 162 cm³/mol. The first-order valence-corrected chi connectivity index (χ1v) is 14.4. The number of hydrogen-bond acceptors (Lipinski definition) is 8. The van der Waals surface area contributed by atoms with Crippen molar-refractivity contribution in [3.63, 3.8) is 0 Å². The lowest BCUT2D eigenvalue weighted by atomic mass is 9.96. The average molecular weight is 605 g/mol. The SMILES string of the molecule is CCOC(=O)C1=C(C)N=c2sc(=Cc3ccc(OCc4ccc(Cl)cc4)c(OC)c3)c(=O)n2C1c1ccc(OC)cc1. The lowest BCUT2D eigenvalue weighted by Crippen LogP contribution is -2.39. The van der Waals surface area contributed by atoms with Crippen LogP contribution >= 0.6 is 22.9 Å². The normalized spacial score (nSPS) is 14.7. The van der Waals surface area contributed by atoms with Crippen molar-refractivity contribution >= 4 is 35.0 Å². The third-order valence-corrected chi connectivity index (χ3v) is 7.98. The second kappa shape index (κ2) is 12.7. The maximum atomic E-state index is 13.9. The maximum Gasteiger partial charge on any atom is 0.338 e. The van der Waals surface area contributed by atoms with Crippen molar-refractivity contribution in [3.8, 4) is 17.2 Å². The summed E-state index contributed by atoms with van der Waals surface area (Å²) in [6.45, 7) is 4.05. The van der Waals surface area contributed by atoms with Crippen molar-refractivity contribution in [2.45, 2.75) is 26.5 Å². The van der Waals surface area contributed by atoms with E-state index in [1.165, 1.54) is 11.3 Å². The van der Waals surface area contributed by atoms with Gasteiger partial charge in [-0.15, -0.1) is 0 Å². The summed E-state index contributed by atoms with van der Waals surface area (Å²) >= 11 is 7.23. The summed E-state index contributed by atoms with van der Waals surface area (Å²) in [5.74, 6) is 1.26. The van der Waals surface area contributed by atoms with Crippen molar-refractivity contribution in [2.75, 3.05) is 20.8 Å². The molecule has 4 aromatic rings. The number of fused-ring (bicyclic) bond motifs is 1. The molecular formula is C32H29ClN2O6S. The third kappa shape index (κ3) is 5.98. The Balaban J connectivity index is 1.53. The first kappa shape index (κ1) is 29.2. The average Bonchev–Trinajstić information content (AvgIpc) is 3.30. The van der Waals surface area contributed by atoms with E-state index in [0.717, 1.165) is 16.7 Å². The number of allylic oxidation sites excluding steroid dienone is 1. The van der Waals surface area contributed by atoms with Crippen LogP contribution < -0.4 is 29.1 Å². The zero-order valence-electron chi connectivity index (χ0n) is 23.5. The van der Waals surface area contributed by atoms with E-state index in [1.54, 1.807) is 56.9 Å². The predicted octanol–water partition coefficient (Wildman–Crippen LogP) is 5.05. The molecule has 42 heavy (non-hydrogen) atoms. The smallest absolute Gasteiger partial charge is 0.338 e. The molecule has 1 aromatic heterocycles. The molecule has 0 radical (unpaired) electrons. The highest BCUT2D eigenvalue weighted by Gasteiger charge is 2.33. The van der Waals surface area contributed by atoms with Gasteiger partial charge in [-0.25, -0.2) is 9.79 Å². The fraction of sp³-hybridized carbons (Fsp3) is 0.219. The van der Waals surface area contributed by atoms with E-state index in [-0.39, 0.29) is 12.2 Å². The number of ether oxygens (including phenoxy) is 4. The number of halogens is 1. The Bertz CT molecular complexity index is 1820. The standard InChI is InChI=1S/C32H29ClN2O6S/c1-5-40-31(37)28-19(2)34-32-35(29(28)22-9-13-24(38-3)14-10-22)30(36)27(42-32)17-21-8-15-25(26(16-21)39-4)41-18-20-6-11-23(33)12-7-20/h6-17,29H,5,18H2,1-4H3. The van der Waals surface area contributed by atoms with E-state index in [2.05, 4.69) is 4.99 Å². The summed E-state index contributed by atoms with van der Waals surface area (Å²) in [6.07, 6.45) is 1.78. The highest BCUT2D eigenvalue weighted by molar-refractivity contribution is 7.07. The van der Waals surface area contributed by atoms with Gasteiger partial charge in [0.15, 0.2) is 16.3 Å². The third-order valence-electron chi connectivity index (χ3n) is 6.74. The first-order chi connectivity index (χ1) is 20.3. The molecule has 0 saturated carbocycles. The van der Waals surface area contributed by atoms with Crippen molar-refractivity contribution in [1.29, 1.82) is 0 Å². The van der Waals surface area contributed by atoms with E-state index >= 15 is 0 Å². The molecule has 0 bridgehead atoms. The number of nitrogens with zero attached hydrogens (tertiary/aromatic N) is 2. The van der Waals surface area contributed by atoms with Crippen LogP contribution in [0.1, 0.15) is 36.6 Å². The molecule has 8 nitrogen and oxygen atoms in total. The van der Waals surface area contributed by atoms with Crippen molar-refractivity contribution < 1.29 is 23.7 Å². The van der Waals surface area contributed by atoms with Crippen LogP contribution in [0.2, 0.25) is 5.02 Å². The van der Waals surface area contributed by atoms with Gasteiger partial charge in [0.05, 0.1) is 42.7 Å². The van der Waals surface area contributed by atoms with Gasteiger partial charge in [0, 0.05) is 5.02 Å². The lowest BCUT2D eigenvalue weighted by molar-refractivity contribution is -0.139. The fourth-order valence-corrected chi connectivity index (χ4v) is 5.85. The Kier molecular flexibility index (Phi) is 8.80. The molecule has 1 unspecified atom stereocenters. The minimum atomic E-state index is -0.702. The number of benzene rings is 3. The highest BCUT2D eigenvalue weighted by atomic mass is 35.5. The Morgan fingerprint density at radius 2 is 1.76 bits per heavy atom. The van der Waals surface area contributed by atoms with Crippen LogP contribution in [0.3, 0.4) is 0 Å². The summed E-state index contributed by atoms with van der Waals surface area (Å²) in [4.78, 5) is 32.1. The summed E-state index contributed by atoms with van der Waals surface area (Å²) in [6, 6.07) is 19.5. The molecule has 3 aromatic carbocycles. The van der Waals surface area contributed by atoms with Crippen molar-refractivity contribution in [2.24, 2.45) is 4.99 Å². The summed E-state index contributed by atoms with van der Waals surface area (Å²) in [7, 11) is 3.15. The second-order valence-corrected chi connectivity index (χ2v) is 10.8. The van der Waals surface area contributed by atoms with Gasteiger partial charge in [-0.05, 0) is 73.0 Å². The number of carbonyl (C=O) groups excluding carboxylic acids is 1. The number of thiazole rings is 1. The van der Waals surface area contributed by atoms with E-state index in [9.17, 15) is 9.59 Å². The molecule has 0 aliphatic carbocycles.